The van der Waals surface area contributed by atoms with Crippen molar-refractivity contribution >= 4 is 40.6 Å². The van der Waals surface area contributed by atoms with Crippen LogP contribution in [-0.4, -0.2) is 41.3 Å². The second-order valence-corrected chi connectivity index (χ2v) is 9.18. The summed E-state index contributed by atoms with van der Waals surface area (Å²) in [5.74, 6) is -0.493. The van der Waals surface area contributed by atoms with E-state index in [-0.39, 0.29) is 22.2 Å². The number of hydrogen-bond donors (Lipinski definition) is 3. The topological polar surface area (TPSA) is 141 Å². The van der Waals surface area contributed by atoms with Crippen LogP contribution in [0.25, 0.3) is 0 Å². The number of hydrogen-bond acceptors (Lipinski definition) is 7. The van der Waals surface area contributed by atoms with Gasteiger partial charge >= 0.3 is 0 Å². The molecule has 0 aliphatic heterocycles. The molecule has 1 aromatic carbocycles. The maximum atomic E-state index is 13.6. The van der Waals surface area contributed by atoms with Gasteiger partial charge < -0.3 is 21.5 Å². The molecule has 0 spiro atoms. The number of nitrogen functional groups attached to an aromatic ring is 1. The zero-order valence-corrected chi connectivity index (χ0v) is 21.1. The quantitative estimate of drug-likeness (QED) is 0.367. The van der Waals surface area contributed by atoms with Crippen molar-refractivity contribution in [2.45, 2.75) is 59.4 Å². The molecule has 9 nitrogen and oxygen atoms in total. The summed E-state index contributed by atoms with van der Waals surface area (Å²) in [5.41, 5.74) is 11.6. The lowest BCUT2D eigenvalue weighted by Gasteiger charge is -2.30. The summed E-state index contributed by atoms with van der Waals surface area (Å²) in [7, 11) is 0. The fourth-order valence-corrected chi connectivity index (χ4v) is 4.04. The molecule has 34 heavy (non-hydrogen) atoms. The fourth-order valence-electron chi connectivity index (χ4n) is 3.30. The Balaban J connectivity index is 2.40. The number of nitrogens with two attached hydrogens (primary N) is 2. The molecular formula is C24H35N5O4S. The summed E-state index contributed by atoms with van der Waals surface area (Å²) >= 11 is 0.790. The maximum absolute atomic E-state index is 13.6. The van der Waals surface area contributed by atoms with Gasteiger partial charge in [-0.15, -0.1) is 0 Å². The SMILES string of the molecule is CCCCOc1ccc(N(C(=O)c2snc(C(N)=O)c2N)C(CC)C(=O)NCCC(C)C)cc1. The Labute approximate surface area is 205 Å². The molecule has 1 aromatic heterocycles. The van der Waals surface area contributed by atoms with E-state index in [0.29, 0.717) is 36.9 Å². The minimum absolute atomic E-state index is 0.0607. The number of carbonyl (C=O) groups excluding carboxylic acids is 3. The van der Waals surface area contributed by atoms with E-state index in [2.05, 4.69) is 30.5 Å². The minimum Gasteiger partial charge on any atom is -0.494 e. The van der Waals surface area contributed by atoms with E-state index < -0.39 is 17.9 Å². The van der Waals surface area contributed by atoms with E-state index in [9.17, 15) is 14.4 Å². The molecule has 186 valence electrons. The highest BCUT2D eigenvalue weighted by Gasteiger charge is 2.33. The molecule has 0 saturated heterocycles. The van der Waals surface area contributed by atoms with Crippen LogP contribution in [-0.2, 0) is 4.79 Å². The smallest absolute Gasteiger partial charge is 0.272 e. The first kappa shape index (κ1) is 27.1. The van der Waals surface area contributed by atoms with Crippen molar-refractivity contribution in [2.24, 2.45) is 11.7 Å². The van der Waals surface area contributed by atoms with Crippen LogP contribution in [0.4, 0.5) is 11.4 Å². The average Bonchev–Trinajstić information content (AvgIpc) is 3.19. The Hall–Kier alpha value is -3.14. The first-order valence-corrected chi connectivity index (χ1v) is 12.4. The molecule has 2 rings (SSSR count). The van der Waals surface area contributed by atoms with Gasteiger partial charge in [0.05, 0.1) is 12.3 Å². The number of ether oxygens (including phenoxy) is 1. The lowest BCUT2D eigenvalue weighted by atomic mass is 10.1. The molecule has 0 radical (unpaired) electrons. The van der Waals surface area contributed by atoms with Crippen molar-refractivity contribution in [3.8, 4) is 5.75 Å². The highest BCUT2D eigenvalue weighted by atomic mass is 32.1. The van der Waals surface area contributed by atoms with Crippen molar-refractivity contribution in [3.63, 3.8) is 0 Å². The number of rotatable bonds is 13. The second kappa shape index (κ2) is 12.9. The lowest BCUT2D eigenvalue weighted by Crippen LogP contribution is -2.50. The number of benzene rings is 1. The first-order chi connectivity index (χ1) is 16.2. The predicted molar refractivity (Wildman–Crippen MR) is 135 cm³/mol. The molecule has 3 amide bonds. The van der Waals surface area contributed by atoms with Gasteiger partial charge in [0, 0.05) is 12.2 Å². The zero-order chi connectivity index (χ0) is 25.3. The monoisotopic (exact) mass is 489 g/mol. The number of carbonyl (C=O) groups is 3. The molecule has 2 aromatic rings. The van der Waals surface area contributed by atoms with E-state index in [1.165, 1.54) is 4.90 Å². The standard InChI is InChI=1S/C24H35N5O4S/c1-5-7-14-33-17-10-8-16(9-11-17)29(18(6-2)23(31)27-13-12-15(3)4)24(32)21-19(25)20(22(26)30)28-34-21/h8-11,15,18H,5-7,12-14,25H2,1-4H3,(H2,26,30)(H,27,31). The summed E-state index contributed by atoms with van der Waals surface area (Å²) < 4.78 is 9.66. The summed E-state index contributed by atoms with van der Waals surface area (Å²) in [6.45, 7) is 9.18. The molecule has 5 N–H and O–H groups in total. The van der Waals surface area contributed by atoms with Crippen molar-refractivity contribution in [1.29, 1.82) is 0 Å². The number of nitrogens with zero attached hydrogens (tertiary/aromatic N) is 2. The lowest BCUT2D eigenvalue weighted by molar-refractivity contribution is -0.122. The zero-order valence-electron chi connectivity index (χ0n) is 20.3. The molecule has 1 unspecified atom stereocenters. The molecule has 0 aliphatic rings. The number of aromatic nitrogens is 1. The normalized spacial score (nSPS) is 11.8. The van der Waals surface area contributed by atoms with Gasteiger partial charge in [0.2, 0.25) is 5.91 Å². The van der Waals surface area contributed by atoms with Gasteiger partial charge in [-0.3, -0.25) is 19.3 Å². The van der Waals surface area contributed by atoms with Gasteiger partial charge in [-0.05, 0) is 61.0 Å². The average molecular weight is 490 g/mol. The number of unbranched alkanes of at least 4 members (excludes halogenated alkanes) is 1. The van der Waals surface area contributed by atoms with Gasteiger partial charge in [-0.25, -0.2) is 0 Å². The third kappa shape index (κ3) is 6.93. The van der Waals surface area contributed by atoms with Crippen LogP contribution in [0.2, 0.25) is 0 Å². The van der Waals surface area contributed by atoms with Crippen LogP contribution in [0.5, 0.6) is 5.75 Å². The predicted octanol–water partition coefficient (Wildman–Crippen LogP) is 3.59. The van der Waals surface area contributed by atoms with Crippen LogP contribution in [0.15, 0.2) is 24.3 Å². The number of amides is 3. The Morgan fingerprint density at radius 3 is 2.38 bits per heavy atom. The molecular weight excluding hydrogens is 454 g/mol. The molecule has 0 saturated carbocycles. The van der Waals surface area contributed by atoms with Crippen molar-refractivity contribution in [1.82, 2.24) is 9.69 Å². The van der Waals surface area contributed by atoms with Crippen molar-refractivity contribution < 1.29 is 19.1 Å². The largest absolute Gasteiger partial charge is 0.494 e. The number of nitrogens with one attached hydrogen (secondary N) is 1. The Kier molecular flexibility index (Phi) is 10.3. The Bertz CT molecular complexity index is 974. The molecule has 0 fully saturated rings. The summed E-state index contributed by atoms with van der Waals surface area (Å²) in [4.78, 5) is 39.8. The van der Waals surface area contributed by atoms with Gasteiger partial charge in [-0.1, -0.05) is 34.1 Å². The molecule has 1 atom stereocenters. The molecule has 10 heteroatoms. The highest BCUT2D eigenvalue weighted by Crippen LogP contribution is 2.29. The third-order valence-electron chi connectivity index (χ3n) is 5.28. The third-order valence-corrected chi connectivity index (χ3v) is 6.13. The fraction of sp³-hybridized carbons (Fsp3) is 0.500. The van der Waals surface area contributed by atoms with Crippen LogP contribution in [0.1, 0.15) is 73.5 Å². The van der Waals surface area contributed by atoms with E-state index in [1.54, 1.807) is 24.3 Å². The molecule has 1 heterocycles. The Morgan fingerprint density at radius 2 is 1.85 bits per heavy atom. The summed E-state index contributed by atoms with van der Waals surface area (Å²) in [5, 5.41) is 2.93. The van der Waals surface area contributed by atoms with Gasteiger partial charge in [-0.2, -0.15) is 4.37 Å². The van der Waals surface area contributed by atoms with E-state index in [4.69, 9.17) is 16.2 Å². The van der Waals surface area contributed by atoms with Crippen LogP contribution in [0.3, 0.4) is 0 Å². The van der Waals surface area contributed by atoms with E-state index in [0.717, 1.165) is 30.8 Å². The molecule has 0 bridgehead atoms. The van der Waals surface area contributed by atoms with Gasteiger partial charge in [0.15, 0.2) is 5.69 Å². The van der Waals surface area contributed by atoms with Crippen LogP contribution < -0.4 is 26.4 Å². The number of anilines is 2. The van der Waals surface area contributed by atoms with E-state index in [1.807, 2.05) is 6.92 Å². The summed E-state index contributed by atoms with van der Waals surface area (Å²) in [6, 6.07) is 6.20. The van der Waals surface area contributed by atoms with Gasteiger partial charge in [0.25, 0.3) is 11.8 Å². The molecule has 0 aliphatic carbocycles. The minimum atomic E-state index is -0.814. The Morgan fingerprint density at radius 1 is 1.18 bits per heavy atom. The second-order valence-electron chi connectivity index (χ2n) is 8.41. The number of primary amides is 1. The first-order valence-electron chi connectivity index (χ1n) is 11.6. The van der Waals surface area contributed by atoms with Crippen molar-refractivity contribution in [3.05, 3.63) is 34.8 Å². The summed E-state index contributed by atoms with van der Waals surface area (Å²) in [6.07, 6.45) is 3.15. The highest BCUT2D eigenvalue weighted by molar-refractivity contribution is 7.09. The van der Waals surface area contributed by atoms with Crippen LogP contribution >= 0.6 is 11.5 Å². The van der Waals surface area contributed by atoms with Gasteiger partial charge in [0.1, 0.15) is 16.7 Å². The van der Waals surface area contributed by atoms with Crippen molar-refractivity contribution in [2.75, 3.05) is 23.8 Å². The van der Waals surface area contributed by atoms with E-state index >= 15 is 0 Å². The van der Waals surface area contributed by atoms with Crippen LogP contribution in [0, 0.1) is 5.92 Å². The maximum Gasteiger partial charge on any atom is 0.272 e.